The summed E-state index contributed by atoms with van der Waals surface area (Å²) in [5, 5.41) is 8.79. The summed E-state index contributed by atoms with van der Waals surface area (Å²) in [5.74, 6) is 0.901. The van der Waals surface area contributed by atoms with E-state index >= 15 is 0 Å². The Balaban J connectivity index is 1.80. The molecule has 0 fully saturated rings. The van der Waals surface area contributed by atoms with E-state index in [4.69, 9.17) is 14.7 Å². The van der Waals surface area contributed by atoms with E-state index in [1.54, 1.807) is 48.5 Å². The quantitative estimate of drug-likeness (QED) is 0.522. The molecule has 3 aromatic carbocycles. The van der Waals surface area contributed by atoms with Crippen molar-refractivity contribution in [2.24, 2.45) is 0 Å². The van der Waals surface area contributed by atoms with Crippen LogP contribution in [0.4, 0.5) is 0 Å². The van der Waals surface area contributed by atoms with Gasteiger partial charge in [0.1, 0.15) is 22.8 Å². The Morgan fingerprint density at radius 2 is 1.46 bits per heavy atom. The van der Waals surface area contributed by atoms with Crippen LogP contribution < -0.4 is 9.47 Å². The summed E-state index contributed by atoms with van der Waals surface area (Å²) in [6.45, 7) is 0. The Hall–Kier alpha value is -3.58. The number of nitrogens with zero attached hydrogens (tertiary/aromatic N) is 1. The van der Waals surface area contributed by atoms with E-state index in [0.717, 1.165) is 0 Å². The SMILES string of the molecule is N#Cc1ccc(OC(=O)c2ccccc2Oc2ccccc2)cc1. The lowest BCUT2D eigenvalue weighted by atomic mass is 10.2. The topological polar surface area (TPSA) is 59.3 Å². The Kier molecular flexibility index (Phi) is 4.55. The monoisotopic (exact) mass is 315 g/mol. The molecule has 0 aliphatic heterocycles. The van der Waals surface area contributed by atoms with Crippen molar-refractivity contribution < 1.29 is 14.3 Å². The summed E-state index contributed by atoms with van der Waals surface area (Å²) in [4.78, 5) is 12.4. The fraction of sp³-hybridized carbons (Fsp3) is 0. The molecule has 0 radical (unpaired) electrons. The van der Waals surface area contributed by atoms with Crippen molar-refractivity contribution >= 4 is 5.97 Å². The third-order valence-electron chi connectivity index (χ3n) is 3.27. The van der Waals surface area contributed by atoms with Crippen LogP contribution in [0.15, 0.2) is 78.9 Å². The zero-order chi connectivity index (χ0) is 16.8. The van der Waals surface area contributed by atoms with Crippen LogP contribution in [0.2, 0.25) is 0 Å². The summed E-state index contributed by atoms with van der Waals surface area (Å²) in [5.41, 5.74) is 0.827. The van der Waals surface area contributed by atoms with Crippen molar-refractivity contribution in [2.45, 2.75) is 0 Å². The van der Waals surface area contributed by atoms with Gasteiger partial charge in [0.15, 0.2) is 0 Å². The molecule has 0 spiro atoms. The molecule has 0 aliphatic rings. The fourth-order valence-corrected chi connectivity index (χ4v) is 2.10. The van der Waals surface area contributed by atoms with Crippen molar-refractivity contribution in [3.8, 4) is 23.3 Å². The lowest BCUT2D eigenvalue weighted by molar-refractivity contribution is 0.0732. The van der Waals surface area contributed by atoms with Gasteiger partial charge in [-0.25, -0.2) is 4.79 Å². The smallest absolute Gasteiger partial charge is 0.347 e. The summed E-state index contributed by atoms with van der Waals surface area (Å²) in [7, 11) is 0. The molecule has 0 saturated heterocycles. The summed E-state index contributed by atoms with van der Waals surface area (Å²) >= 11 is 0. The standard InChI is InChI=1S/C20H13NO3/c21-14-15-10-12-17(13-11-15)24-20(22)18-8-4-5-9-19(18)23-16-6-2-1-3-7-16/h1-13H. The second kappa shape index (κ2) is 7.12. The maximum absolute atomic E-state index is 12.4. The average Bonchev–Trinajstić information content (AvgIpc) is 2.63. The van der Waals surface area contributed by atoms with Crippen LogP contribution in [-0.4, -0.2) is 5.97 Å². The molecule has 0 aliphatic carbocycles. The lowest BCUT2D eigenvalue weighted by Gasteiger charge is -2.10. The van der Waals surface area contributed by atoms with Gasteiger partial charge in [-0.1, -0.05) is 30.3 Å². The predicted octanol–water partition coefficient (Wildman–Crippen LogP) is 4.57. The maximum Gasteiger partial charge on any atom is 0.347 e. The molecule has 4 heteroatoms. The molecule has 0 amide bonds. The second-order valence-corrected chi connectivity index (χ2v) is 4.94. The van der Waals surface area contributed by atoms with Crippen molar-refractivity contribution in [2.75, 3.05) is 0 Å². The number of ether oxygens (including phenoxy) is 2. The van der Waals surface area contributed by atoms with E-state index in [0.29, 0.717) is 28.4 Å². The van der Waals surface area contributed by atoms with Crippen molar-refractivity contribution in [3.05, 3.63) is 90.0 Å². The van der Waals surface area contributed by atoms with E-state index in [1.807, 2.05) is 36.4 Å². The number of carbonyl (C=O) groups excluding carboxylic acids is 1. The van der Waals surface area contributed by atoms with Crippen molar-refractivity contribution in [1.82, 2.24) is 0 Å². The number of esters is 1. The fourth-order valence-electron chi connectivity index (χ4n) is 2.10. The first-order valence-corrected chi connectivity index (χ1v) is 7.30. The molecule has 116 valence electrons. The maximum atomic E-state index is 12.4. The van der Waals surface area contributed by atoms with Gasteiger partial charge in [-0.2, -0.15) is 5.26 Å². The summed E-state index contributed by atoms with van der Waals surface area (Å²) < 4.78 is 11.1. The highest BCUT2D eigenvalue weighted by Gasteiger charge is 2.15. The van der Waals surface area contributed by atoms with Gasteiger partial charge in [0.2, 0.25) is 0 Å². The van der Waals surface area contributed by atoms with E-state index in [1.165, 1.54) is 0 Å². The normalized spacial score (nSPS) is 9.79. The molecule has 0 unspecified atom stereocenters. The van der Waals surface area contributed by atoms with E-state index < -0.39 is 5.97 Å². The number of para-hydroxylation sites is 2. The van der Waals surface area contributed by atoms with Gasteiger partial charge in [-0.3, -0.25) is 0 Å². The first-order valence-electron chi connectivity index (χ1n) is 7.30. The zero-order valence-electron chi connectivity index (χ0n) is 12.7. The third-order valence-corrected chi connectivity index (χ3v) is 3.27. The molecule has 0 atom stereocenters. The lowest BCUT2D eigenvalue weighted by Crippen LogP contribution is -2.09. The molecule has 3 aromatic rings. The number of carbonyl (C=O) groups is 1. The summed E-state index contributed by atoms with van der Waals surface area (Å²) in [6.07, 6.45) is 0. The number of nitriles is 1. The zero-order valence-corrected chi connectivity index (χ0v) is 12.7. The predicted molar refractivity (Wildman–Crippen MR) is 89.1 cm³/mol. The molecular formula is C20H13NO3. The number of rotatable bonds is 4. The molecular weight excluding hydrogens is 302 g/mol. The van der Waals surface area contributed by atoms with Crippen LogP contribution in [-0.2, 0) is 0 Å². The van der Waals surface area contributed by atoms with Crippen LogP contribution >= 0.6 is 0 Å². The number of hydrogen-bond donors (Lipinski definition) is 0. The molecule has 0 bridgehead atoms. The molecule has 3 rings (SSSR count). The van der Waals surface area contributed by atoms with Crippen LogP contribution in [0.5, 0.6) is 17.2 Å². The Labute approximate surface area is 139 Å². The molecule has 24 heavy (non-hydrogen) atoms. The Bertz CT molecular complexity index is 881. The minimum Gasteiger partial charge on any atom is -0.456 e. The van der Waals surface area contributed by atoms with Crippen LogP contribution in [0.1, 0.15) is 15.9 Å². The average molecular weight is 315 g/mol. The highest BCUT2D eigenvalue weighted by Crippen LogP contribution is 2.26. The van der Waals surface area contributed by atoms with Crippen molar-refractivity contribution in [1.29, 1.82) is 5.26 Å². The van der Waals surface area contributed by atoms with Gasteiger partial charge < -0.3 is 9.47 Å². The first-order chi connectivity index (χ1) is 11.8. The summed E-state index contributed by atoms with van der Waals surface area (Å²) in [6, 6.07) is 24.5. The minimum absolute atomic E-state index is 0.325. The van der Waals surface area contributed by atoms with Crippen LogP contribution in [0.25, 0.3) is 0 Å². The molecule has 0 heterocycles. The first kappa shape index (κ1) is 15.3. The van der Waals surface area contributed by atoms with Gasteiger partial charge in [0.05, 0.1) is 11.6 Å². The second-order valence-electron chi connectivity index (χ2n) is 4.94. The van der Waals surface area contributed by atoms with Crippen molar-refractivity contribution in [3.63, 3.8) is 0 Å². The largest absolute Gasteiger partial charge is 0.456 e. The van der Waals surface area contributed by atoms with Crippen LogP contribution in [0.3, 0.4) is 0 Å². The molecule has 0 saturated carbocycles. The molecule has 0 N–H and O–H groups in total. The van der Waals surface area contributed by atoms with Gasteiger partial charge in [-0.05, 0) is 48.5 Å². The highest BCUT2D eigenvalue weighted by molar-refractivity contribution is 5.94. The van der Waals surface area contributed by atoms with E-state index in [-0.39, 0.29) is 0 Å². The highest BCUT2D eigenvalue weighted by atomic mass is 16.5. The Morgan fingerprint density at radius 3 is 2.17 bits per heavy atom. The van der Waals surface area contributed by atoms with Gasteiger partial charge >= 0.3 is 5.97 Å². The van der Waals surface area contributed by atoms with E-state index in [9.17, 15) is 4.79 Å². The van der Waals surface area contributed by atoms with Gasteiger partial charge in [0, 0.05) is 0 Å². The molecule has 4 nitrogen and oxygen atoms in total. The molecule has 0 aromatic heterocycles. The number of benzene rings is 3. The van der Waals surface area contributed by atoms with E-state index in [2.05, 4.69) is 0 Å². The number of hydrogen-bond acceptors (Lipinski definition) is 4. The third kappa shape index (κ3) is 3.60. The van der Waals surface area contributed by atoms with Gasteiger partial charge in [0.25, 0.3) is 0 Å². The minimum atomic E-state index is -0.522. The van der Waals surface area contributed by atoms with Gasteiger partial charge in [-0.15, -0.1) is 0 Å². The van der Waals surface area contributed by atoms with Crippen LogP contribution in [0, 0.1) is 11.3 Å². The Morgan fingerprint density at radius 1 is 0.792 bits per heavy atom.